The zero-order chi connectivity index (χ0) is 17.9. The molecule has 7 N–H and O–H groups in total. The number of rotatable bonds is 1. The van der Waals surface area contributed by atoms with E-state index in [1.54, 1.807) is 36.4 Å². The van der Waals surface area contributed by atoms with Crippen LogP contribution in [0.15, 0.2) is 40.8 Å². The number of benzene rings is 3. The van der Waals surface area contributed by atoms with Crippen molar-refractivity contribution in [1.29, 1.82) is 0 Å². The zero-order valence-electron chi connectivity index (χ0n) is 12.7. The number of nitrogens with two attached hydrogens (primary N) is 1. The fourth-order valence-corrected chi connectivity index (χ4v) is 2.99. The van der Waals surface area contributed by atoms with Crippen molar-refractivity contribution in [1.82, 2.24) is 0 Å². The molecule has 1 heterocycles. The van der Waals surface area contributed by atoms with Crippen molar-refractivity contribution < 1.29 is 29.9 Å². The first kappa shape index (κ1) is 14.8. The molecule has 0 spiro atoms. The van der Waals surface area contributed by atoms with Crippen LogP contribution >= 0.6 is 0 Å². The van der Waals surface area contributed by atoms with E-state index in [0.717, 1.165) is 0 Å². The van der Waals surface area contributed by atoms with Crippen LogP contribution in [0.25, 0.3) is 33.1 Å². The molecule has 1 aromatic heterocycles. The van der Waals surface area contributed by atoms with E-state index >= 15 is 0 Å². The molecule has 0 aliphatic rings. The largest absolute Gasteiger partial charge is 0.504 e. The van der Waals surface area contributed by atoms with Gasteiger partial charge in [-0.3, -0.25) is 0 Å². The van der Waals surface area contributed by atoms with Gasteiger partial charge in [0.25, 0.3) is 0 Å². The standard InChI is InChI=1S/C18H13NO6/c19-7-4-5-10-9(6-7)12-8(2-1-3-11(12)25-10)13-14(20)16(22)18(24)17(23)15(13)21/h1-6,20-24H,19H2. The summed E-state index contributed by atoms with van der Waals surface area (Å²) in [5, 5.41) is 50.8. The van der Waals surface area contributed by atoms with Crippen LogP contribution < -0.4 is 5.73 Å². The fourth-order valence-electron chi connectivity index (χ4n) is 2.99. The molecule has 25 heavy (non-hydrogen) atoms. The van der Waals surface area contributed by atoms with Gasteiger partial charge in [-0.25, -0.2) is 0 Å². The number of nitrogen functional groups attached to an aromatic ring is 1. The Hall–Kier alpha value is -3.74. The van der Waals surface area contributed by atoms with E-state index in [1.807, 2.05) is 0 Å². The summed E-state index contributed by atoms with van der Waals surface area (Å²) < 4.78 is 5.74. The molecule has 0 saturated carbocycles. The second kappa shape index (κ2) is 4.88. The minimum atomic E-state index is -1.01. The number of fused-ring (bicyclic) bond motifs is 3. The molecule has 7 nitrogen and oxygen atoms in total. The third-order valence-electron chi connectivity index (χ3n) is 4.16. The van der Waals surface area contributed by atoms with E-state index in [-0.39, 0.29) is 5.56 Å². The second-order valence-corrected chi connectivity index (χ2v) is 5.65. The molecule has 4 aromatic rings. The quantitative estimate of drug-likeness (QED) is 0.177. The van der Waals surface area contributed by atoms with Gasteiger partial charge in [0, 0.05) is 22.0 Å². The van der Waals surface area contributed by atoms with Gasteiger partial charge in [-0.05, 0) is 24.3 Å². The lowest BCUT2D eigenvalue weighted by atomic mass is 9.96. The summed E-state index contributed by atoms with van der Waals surface area (Å²) in [7, 11) is 0. The molecule has 4 rings (SSSR count). The van der Waals surface area contributed by atoms with Crippen molar-refractivity contribution in [3.8, 4) is 39.9 Å². The van der Waals surface area contributed by atoms with Crippen LogP contribution in [0.5, 0.6) is 28.7 Å². The molecule has 126 valence electrons. The molecule has 0 aliphatic heterocycles. The normalized spacial score (nSPS) is 11.4. The maximum Gasteiger partial charge on any atom is 0.208 e. The summed E-state index contributed by atoms with van der Waals surface area (Å²) >= 11 is 0. The van der Waals surface area contributed by atoms with Gasteiger partial charge >= 0.3 is 0 Å². The Labute approximate surface area is 140 Å². The summed E-state index contributed by atoms with van der Waals surface area (Å²) in [6.07, 6.45) is 0. The first-order valence-corrected chi connectivity index (χ1v) is 7.30. The lowest BCUT2D eigenvalue weighted by Gasteiger charge is -2.13. The fraction of sp³-hybridized carbons (Fsp3) is 0. The van der Waals surface area contributed by atoms with Crippen LogP contribution in [-0.4, -0.2) is 25.5 Å². The monoisotopic (exact) mass is 339 g/mol. The maximum absolute atomic E-state index is 10.2. The van der Waals surface area contributed by atoms with Crippen molar-refractivity contribution in [3.63, 3.8) is 0 Å². The first-order chi connectivity index (χ1) is 11.9. The topological polar surface area (TPSA) is 140 Å². The Morgan fingerprint density at radius 2 is 1.36 bits per heavy atom. The molecule has 3 aromatic carbocycles. The molecule has 7 heteroatoms. The Kier molecular flexibility index (Phi) is 2.89. The van der Waals surface area contributed by atoms with E-state index in [4.69, 9.17) is 10.2 Å². The van der Waals surface area contributed by atoms with Crippen LogP contribution in [0.4, 0.5) is 5.69 Å². The van der Waals surface area contributed by atoms with Crippen molar-refractivity contribution >= 4 is 27.6 Å². The SMILES string of the molecule is Nc1ccc2oc3cccc(-c4c(O)c(O)c(O)c(O)c4O)c3c2c1. The number of phenols is 5. The molecular formula is C18H13NO6. The molecule has 0 aliphatic carbocycles. The number of anilines is 1. The highest BCUT2D eigenvalue weighted by Gasteiger charge is 2.26. The highest BCUT2D eigenvalue weighted by molar-refractivity contribution is 6.14. The number of hydrogen-bond acceptors (Lipinski definition) is 7. The van der Waals surface area contributed by atoms with Gasteiger partial charge in [0.05, 0.1) is 5.56 Å². The highest BCUT2D eigenvalue weighted by Crippen LogP contribution is 2.56. The van der Waals surface area contributed by atoms with Crippen molar-refractivity contribution in [2.45, 2.75) is 0 Å². The van der Waals surface area contributed by atoms with Crippen LogP contribution in [-0.2, 0) is 0 Å². The van der Waals surface area contributed by atoms with Gasteiger partial charge in [0.15, 0.2) is 11.5 Å². The van der Waals surface area contributed by atoms with Gasteiger partial charge in [0.2, 0.25) is 17.2 Å². The number of phenolic OH excluding ortho intramolecular Hbond substituents is 5. The highest BCUT2D eigenvalue weighted by atomic mass is 16.4. The molecule has 0 saturated heterocycles. The van der Waals surface area contributed by atoms with E-state index in [9.17, 15) is 25.5 Å². The maximum atomic E-state index is 10.2. The Bertz CT molecular complexity index is 1130. The van der Waals surface area contributed by atoms with Crippen molar-refractivity contribution in [3.05, 3.63) is 36.4 Å². The van der Waals surface area contributed by atoms with Crippen molar-refractivity contribution in [2.75, 3.05) is 5.73 Å². The average molecular weight is 339 g/mol. The van der Waals surface area contributed by atoms with Crippen molar-refractivity contribution in [2.24, 2.45) is 0 Å². The molecule has 0 atom stereocenters. The van der Waals surface area contributed by atoms with Gasteiger partial charge in [0.1, 0.15) is 11.2 Å². The average Bonchev–Trinajstić information content (AvgIpc) is 2.97. The lowest BCUT2D eigenvalue weighted by molar-refractivity contribution is 0.330. The third-order valence-corrected chi connectivity index (χ3v) is 4.16. The van der Waals surface area contributed by atoms with Crippen LogP contribution in [0.3, 0.4) is 0 Å². The van der Waals surface area contributed by atoms with Crippen LogP contribution in [0.1, 0.15) is 0 Å². The molecule has 0 amide bonds. The van der Waals surface area contributed by atoms with Gasteiger partial charge in [-0.2, -0.15) is 0 Å². The van der Waals surface area contributed by atoms with Gasteiger partial charge in [-0.15, -0.1) is 0 Å². The molecule has 0 unspecified atom stereocenters. The van der Waals surface area contributed by atoms with E-state index in [1.165, 1.54) is 0 Å². The summed E-state index contributed by atoms with van der Waals surface area (Å²) in [5.74, 6) is -4.41. The molecular weight excluding hydrogens is 326 g/mol. The smallest absolute Gasteiger partial charge is 0.208 e. The zero-order valence-corrected chi connectivity index (χ0v) is 12.7. The lowest BCUT2D eigenvalue weighted by Crippen LogP contribution is -1.86. The molecule has 0 bridgehead atoms. The predicted octanol–water partition coefficient (Wildman–Crippen LogP) is 3.36. The van der Waals surface area contributed by atoms with Gasteiger partial charge < -0.3 is 35.7 Å². The summed E-state index contributed by atoms with van der Waals surface area (Å²) in [4.78, 5) is 0. The van der Waals surface area contributed by atoms with E-state index < -0.39 is 28.7 Å². The van der Waals surface area contributed by atoms with Gasteiger partial charge in [-0.1, -0.05) is 12.1 Å². The molecule has 0 fully saturated rings. The minimum Gasteiger partial charge on any atom is -0.504 e. The summed E-state index contributed by atoms with van der Waals surface area (Å²) in [6, 6.07) is 9.95. The Balaban J connectivity index is 2.20. The number of hydrogen-bond donors (Lipinski definition) is 6. The predicted molar refractivity (Wildman–Crippen MR) is 91.9 cm³/mol. The number of aromatic hydroxyl groups is 5. The molecule has 0 radical (unpaired) electrons. The Morgan fingerprint density at radius 3 is 2.04 bits per heavy atom. The van der Waals surface area contributed by atoms with Crippen LogP contribution in [0.2, 0.25) is 0 Å². The number of furan rings is 1. The Morgan fingerprint density at radius 1 is 0.720 bits per heavy atom. The third kappa shape index (κ3) is 1.92. The van der Waals surface area contributed by atoms with E-state index in [2.05, 4.69) is 0 Å². The van der Waals surface area contributed by atoms with E-state index in [0.29, 0.717) is 33.2 Å². The van der Waals surface area contributed by atoms with Crippen LogP contribution in [0, 0.1) is 0 Å². The summed E-state index contributed by atoms with van der Waals surface area (Å²) in [5.41, 5.74) is 7.40. The summed E-state index contributed by atoms with van der Waals surface area (Å²) in [6.45, 7) is 0. The minimum absolute atomic E-state index is 0.233. The second-order valence-electron chi connectivity index (χ2n) is 5.65. The first-order valence-electron chi connectivity index (χ1n) is 7.30.